The van der Waals surface area contributed by atoms with E-state index in [2.05, 4.69) is 15.6 Å². The third kappa shape index (κ3) is 6.29. The Morgan fingerprint density at radius 2 is 1.90 bits per heavy atom. The number of nitrogens with two attached hydrogens (primary N) is 1. The number of para-hydroxylation sites is 1. The van der Waals surface area contributed by atoms with Crippen molar-refractivity contribution in [2.75, 3.05) is 25.6 Å². The molecule has 3 aromatic carbocycles. The molecule has 260 valence electrons. The van der Waals surface area contributed by atoms with Crippen LogP contribution < -0.4 is 19.9 Å². The number of rotatable bonds is 8. The minimum Gasteiger partial charge on any atom is -0.486 e. The average Bonchev–Trinajstić information content (AvgIpc) is 3.61. The number of quaternary nitrogens is 1. The predicted octanol–water partition coefficient (Wildman–Crippen LogP) is 5.58. The molecule has 3 heterocycles. The molecule has 1 saturated carbocycles. The summed E-state index contributed by atoms with van der Waals surface area (Å²) in [7, 11) is 3.47. The van der Waals surface area contributed by atoms with Gasteiger partial charge in [-0.3, -0.25) is 9.59 Å². The summed E-state index contributed by atoms with van der Waals surface area (Å²) < 4.78 is 59.1. The number of alkyl halides is 3. The van der Waals surface area contributed by atoms with Crippen molar-refractivity contribution in [1.82, 2.24) is 9.55 Å². The number of hydrogen-bond acceptors (Lipinski definition) is 4. The van der Waals surface area contributed by atoms with Crippen molar-refractivity contribution >= 4 is 39.3 Å². The van der Waals surface area contributed by atoms with Crippen LogP contribution in [0.1, 0.15) is 53.0 Å². The Bertz CT molecular complexity index is 2120. The number of amides is 1. The van der Waals surface area contributed by atoms with Gasteiger partial charge in [-0.05, 0) is 43.2 Å². The zero-order chi connectivity index (χ0) is 35.2. The Balaban J connectivity index is 1.13. The Morgan fingerprint density at radius 3 is 2.62 bits per heavy atom. The largest absolute Gasteiger partial charge is 0.486 e. The van der Waals surface area contributed by atoms with E-state index in [0.717, 1.165) is 31.7 Å². The molecule has 0 saturated heterocycles. The lowest BCUT2D eigenvalue weighted by atomic mass is 9.93. The maximum absolute atomic E-state index is 14.7. The smallest absolute Gasteiger partial charge is 0.417 e. The second kappa shape index (κ2) is 13.4. The van der Waals surface area contributed by atoms with Crippen LogP contribution in [0, 0.1) is 6.92 Å². The molecule has 2 aromatic heterocycles. The fraction of sp³-hybridized carbons (Fsp3) is 0.342. The number of nitrogens with one attached hydrogen (secondary N) is 2. The normalized spacial score (nSPS) is 17.8. The maximum Gasteiger partial charge on any atom is 0.417 e. The molecule has 1 fully saturated rings. The molecule has 1 amide bonds. The molecule has 5 aromatic rings. The van der Waals surface area contributed by atoms with Gasteiger partial charge in [0, 0.05) is 78.5 Å². The van der Waals surface area contributed by atoms with E-state index in [1.807, 2.05) is 6.08 Å². The lowest BCUT2D eigenvalue weighted by Gasteiger charge is -2.25. The first kappa shape index (κ1) is 33.6. The highest BCUT2D eigenvalue weighted by Gasteiger charge is 2.40. The number of hydrogen-bond donors (Lipinski definition) is 3. The molecular weight excluding hydrogens is 647 g/mol. The zero-order valence-corrected chi connectivity index (χ0v) is 28.2. The molecule has 7 rings (SSSR count). The number of methoxy groups -OCH3 is 1. The van der Waals surface area contributed by atoms with Crippen molar-refractivity contribution in [1.29, 1.82) is 0 Å². The molecule has 9 nitrogen and oxygen atoms in total. The van der Waals surface area contributed by atoms with E-state index in [9.17, 15) is 22.8 Å². The average molecular weight is 688 g/mol. The monoisotopic (exact) mass is 687 g/mol. The van der Waals surface area contributed by atoms with Gasteiger partial charge in [-0.2, -0.15) is 13.2 Å². The molecular formula is C38H40F3N5O4+2. The van der Waals surface area contributed by atoms with Crippen molar-refractivity contribution in [3.63, 3.8) is 0 Å². The van der Waals surface area contributed by atoms with Crippen molar-refractivity contribution in [2.24, 2.45) is 7.05 Å². The number of benzene rings is 3. The first-order chi connectivity index (χ1) is 24.0. The summed E-state index contributed by atoms with van der Waals surface area (Å²) in [6, 6.07) is 13.4. The predicted molar refractivity (Wildman–Crippen MR) is 183 cm³/mol. The highest BCUT2D eigenvalue weighted by atomic mass is 19.4. The number of ether oxygens (including phenoxy) is 2. The van der Waals surface area contributed by atoms with E-state index in [-0.39, 0.29) is 29.6 Å². The number of ketones is 1. The molecule has 0 spiro atoms. The quantitative estimate of drug-likeness (QED) is 0.113. The lowest BCUT2D eigenvalue weighted by Crippen LogP contribution is -2.90. The number of fused-ring (bicyclic) bond motifs is 4. The molecule has 50 heavy (non-hydrogen) atoms. The summed E-state index contributed by atoms with van der Waals surface area (Å²) in [5, 5.41) is 5.64. The summed E-state index contributed by atoms with van der Waals surface area (Å²) in [4.78, 5) is 29.7. The van der Waals surface area contributed by atoms with E-state index >= 15 is 0 Å². The van der Waals surface area contributed by atoms with Gasteiger partial charge >= 0.3 is 6.18 Å². The van der Waals surface area contributed by atoms with Crippen LogP contribution in [0.2, 0.25) is 0 Å². The number of anilines is 1. The maximum atomic E-state index is 14.7. The van der Waals surface area contributed by atoms with Gasteiger partial charge in [0.1, 0.15) is 6.61 Å². The minimum absolute atomic E-state index is 0.0586. The molecule has 12 heteroatoms. The van der Waals surface area contributed by atoms with E-state index in [4.69, 9.17) is 9.47 Å². The number of H-pyrrole nitrogens is 1. The summed E-state index contributed by atoms with van der Waals surface area (Å²) in [5.74, 6) is 0.288. The van der Waals surface area contributed by atoms with Crippen LogP contribution >= 0.6 is 0 Å². The Kier molecular flexibility index (Phi) is 9.00. The Hall–Kier alpha value is -4.94. The number of carbonyl (C=O) groups excluding carboxylic acids is 2. The zero-order valence-electron chi connectivity index (χ0n) is 28.2. The van der Waals surface area contributed by atoms with Gasteiger partial charge in [0.2, 0.25) is 11.4 Å². The standard InChI is InChI=1S/C38H38F3N5O4/c1-22-43-34-31(45(22)2)20-30(38(39,40)41)33-28-7-4-6-27-29(21-46(35(27)28)18-19-50-37(33)34)36(48)23-9-11-25(12-10-23)44-32(47)8-5-17-42-24-13-15-26(49-3)16-14-24/h4-12,20-21,24,26,42H,13-19H2,1-3H3,(H,44,47,48)/p+2/b8-5+. The number of aromatic amines is 1. The van der Waals surface area contributed by atoms with Gasteiger partial charge in [-0.25, -0.2) is 9.55 Å². The van der Waals surface area contributed by atoms with Gasteiger partial charge in [0.05, 0.1) is 43.4 Å². The molecule has 0 unspecified atom stereocenters. The van der Waals surface area contributed by atoms with Crippen LogP contribution in [0.25, 0.3) is 33.1 Å². The number of halogens is 3. The third-order valence-corrected chi connectivity index (χ3v) is 10.1. The fourth-order valence-corrected chi connectivity index (χ4v) is 7.33. The van der Waals surface area contributed by atoms with E-state index < -0.39 is 11.7 Å². The van der Waals surface area contributed by atoms with Gasteiger partial charge in [-0.15, -0.1) is 0 Å². The summed E-state index contributed by atoms with van der Waals surface area (Å²) >= 11 is 0. The molecule has 1 aliphatic heterocycles. The second-order valence-electron chi connectivity index (χ2n) is 13.1. The van der Waals surface area contributed by atoms with Crippen LogP contribution in [-0.2, 0) is 29.3 Å². The number of aryl methyl sites for hydroxylation is 2. The molecule has 2 aliphatic rings. The van der Waals surface area contributed by atoms with Gasteiger partial charge in [0.15, 0.2) is 17.0 Å². The van der Waals surface area contributed by atoms with Crippen LogP contribution in [0.3, 0.4) is 0 Å². The van der Waals surface area contributed by atoms with Crippen molar-refractivity contribution in [2.45, 2.75) is 57.5 Å². The molecule has 0 atom stereocenters. The Labute approximate surface area is 287 Å². The van der Waals surface area contributed by atoms with Crippen molar-refractivity contribution < 1.29 is 42.1 Å². The molecule has 4 N–H and O–H groups in total. The summed E-state index contributed by atoms with van der Waals surface area (Å²) in [5.41, 5.74) is 2.18. The molecule has 0 bridgehead atoms. The summed E-state index contributed by atoms with van der Waals surface area (Å²) in [6.07, 6.45) is 5.07. The number of aromatic nitrogens is 3. The number of carbonyl (C=O) groups is 2. The van der Waals surface area contributed by atoms with E-state index in [1.54, 1.807) is 78.9 Å². The Morgan fingerprint density at radius 1 is 1.14 bits per heavy atom. The second-order valence-corrected chi connectivity index (χ2v) is 13.1. The number of imidazole rings is 1. The highest BCUT2D eigenvalue weighted by molar-refractivity contribution is 6.18. The van der Waals surface area contributed by atoms with Gasteiger partial charge in [-0.1, -0.05) is 18.2 Å². The minimum atomic E-state index is -4.66. The topological polar surface area (TPSA) is 106 Å². The van der Waals surface area contributed by atoms with Crippen LogP contribution in [0.4, 0.5) is 18.9 Å². The first-order valence-corrected chi connectivity index (χ1v) is 16.9. The fourth-order valence-electron chi connectivity index (χ4n) is 7.33. The van der Waals surface area contributed by atoms with E-state index in [0.29, 0.717) is 75.4 Å². The third-order valence-electron chi connectivity index (χ3n) is 10.1. The van der Waals surface area contributed by atoms with Crippen LogP contribution in [0.15, 0.2) is 66.9 Å². The van der Waals surface area contributed by atoms with Gasteiger partial charge in [0.25, 0.3) is 5.82 Å². The number of nitrogens with zero attached hydrogens (tertiary/aromatic N) is 2. The van der Waals surface area contributed by atoms with Crippen molar-refractivity contribution in [3.8, 4) is 16.9 Å². The van der Waals surface area contributed by atoms with Crippen LogP contribution in [-0.4, -0.2) is 53.6 Å². The van der Waals surface area contributed by atoms with Gasteiger partial charge < -0.3 is 24.7 Å². The SMILES string of the molecule is COC1CCC([NH2+]C/C=C/C(=O)Nc2ccc(C(=O)c3cn4c5c(cccc35)-c3c(C(F)(F)F)cc5c([nH]c(C)[n+]5C)c3OCC4)cc2)CC1. The van der Waals surface area contributed by atoms with Crippen molar-refractivity contribution in [3.05, 3.63) is 89.4 Å². The highest BCUT2D eigenvalue weighted by Crippen LogP contribution is 2.48. The molecule has 0 radical (unpaired) electrons. The van der Waals surface area contributed by atoms with Crippen LogP contribution in [0.5, 0.6) is 5.75 Å². The van der Waals surface area contributed by atoms with E-state index in [1.165, 1.54) is 6.08 Å². The lowest BCUT2D eigenvalue weighted by molar-refractivity contribution is -0.684. The first-order valence-electron chi connectivity index (χ1n) is 16.9. The molecule has 1 aliphatic carbocycles. The summed E-state index contributed by atoms with van der Waals surface area (Å²) in [6.45, 7) is 2.94.